The molecular formula is C11H21N3O. The molecule has 0 aliphatic carbocycles. The van der Waals surface area contributed by atoms with Gasteiger partial charge in [-0.2, -0.15) is 5.10 Å². The van der Waals surface area contributed by atoms with Crippen molar-refractivity contribution in [2.24, 2.45) is 18.2 Å². The van der Waals surface area contributed by atoms with Gasteiger partial charge in [-0.25, -0.2) is 0 Å². The van der Waals surface area contributed by atoms with Gasteiger partial charge in [-0.1, -0.05) is 13.8 Å². The van der Waals surface area contributed by atoms with Gasteiger partial charge in [0.2, 0.25) is 0 Å². The Hall–Kier alpha value is -0.870. The van der Waals surface area contributed by atoms with Crippen molar-refractivity contribution < 1.29 is 5.11 Å². The molecule has 3 N–H and O–H groups in total. The zero-order valence-corrected chi connectivity index (χ0v) is 9.99. The molecule has 1 aromatic heterocycles. The minimum atomic E-state index is -0.541. The molecule has 0 radical (unpaired) electrons. The quantitative estimate of drug-likeness (QED) is 0.785. The second-order valence-electron chi connectivity index (χ2n) is 4.42. The van der Waals surface area contributed by atoms with Gasteiger partial charge in [-0.05, 0) is 13.3 Å². The highest BCUT2D eigenvalue weighted by Crippen LogP contribution is 2.36. The zero-order valence-electron chi connectivity index (χ0n) is 9.99. The van der Waals surface area contributed by atoms with E-state index in [1.54, 1.807) is 10.9 Å². The Morgan fingerprint density at radius 1 is 1.67 bits per heavy atom. The van der Waals surface area contributed by atoms with Crippen LogP contribution in [0.2, 0.25) is 0 Å². The van der Waals surface area contributed by atoms with Crippen LogP contribution < -0.4 is 5.73 Å². The average Bonchev–Trinajstić information content (AvgIpc) is 2.57. The van der Waals surface area contributed by atoms with E-state index in [1.807, 2.05) is 27.8 Å². The number of hydrogen-bond donors (Lipinski definition) is 2. The molecule has 0 aromatic carbocycles. The first kappa shape index (κ1) is 12.2. The normalized spacial score (nSPS) is 17.5. The molecule has 1 rings (SSSR count). The van der Waals surface area contributed by atoms with Gasteiger partial charge in [0.1, 0.15) is 0 Å². The highest BCUT2D eigenvalue weighted by Gasteiger charge is 2.32. The summed E-state index contributed by atoms with van der Waals surface area (Å²) in [5, 5.41) is 14.4. The Morgan fingerprint density at radius 2 is 2.27 bits per heavy atom. The van der Waals surface area contributed by atoms with E-state index in [1.165, 1.54) is 0 Å². The molecule has 1 aromatic rings. The lowest BCUT2D eigenvalue weighted by Crippen LogP contribution is -2.33. The van der Waals surface area contributed by atoms with E-state index in [9.17, 15) is 5.11 Å². The lowest BCUT2D eigenvalue weighted by Gasteiger charge is -2.32. The summed E-state index contributed by atoms with van der Waals surface area (Å²) in [6.45, 7) is 6.48. The van der Waals surface area contributed by atoms with Crippen LogP contribution >= 0.6 is 0 Å². The van der Waals surface area contributed by atoms with E-state index in [2.05, 4.69) is 5.10 Å². The number of rotatable bonds is 4. The van der Waals surface area contributed by atoms with Crippen LogP contribution in [-0.4, -0.2) is 21.4 Å². The van der Waals surface area contributed by atoms with Gasteiger partial charge in [0, 0.05) is 30.3 Å². The van der Waals surface area contributed by atoms with E-state index in [0.717, 1.165) is 17.7 Å². The number of hydrogen-bond acceptors (Lipinski definition) is 3. The van der Waals surface area contributed by atoms with Crippen molar-refractivity contribution in [3.63, 3.8) is 0 Å². The summed E-state index contributed by atoms with van der Waals surface area (Å²) >= 11 is 0. The van der Waals surface area contributed by atoms with E-state index in [-0.39, 0.29) is 5.41 Å². The Bertz CT molecular complexity index is 329. The van der Waals surface area contributed by atoms with Crippen molar-refractivity contribution in [2.75, 3.05) is 6.54 Å². The molecule has 15 heavy (non-hydrogen) atoms. The Labute approximate surface area is 91.1 Å². The number of nitrogens with two attached hydrogens (primary N) is 1. The lowest BCUT2D eigenvalue weighted by molar-refractivity contribution is 0.0386. The molecule has 0 aliphatic rings. The van der Waals surface area contributed by atoms with Gasteiger partial charge >= 0.3 is 0 Å². The summed E-state index contributed by atoms with van der Waals surface area (Å²) in [5.41, 5.74) is 7.33. The average molecular weight is 211 g/mol. The molecule has 0 amide bonds. The first-order chi connectivity index (χ1) is 6.96. The second kappa shape index (κ2) is 4.33. The molecule has 0 aliphatic heterocycles. The van der Waals surface area contributed by atoms with Crippen LogP contribution in [0, 0.1) is 12.3 Å². The fourth-order valence-corrected chi connectivity index (χ4v) is 1.61. The molecule has 4 nitrogen and oxygen atoms in total. The molecular weight excluding hydrogens is 190 g/mol. The molecule has 0 bridgehead atoms. The van der Waals surface area contributed by atoms with Crippen LogP contribution in [-0.2, 0) is 7.05 Å². The summed E-state index contributed by atoms with van der Waals surface area (Å²) in [7, 11) is 1.87. The summed E-state index contributed by atoms with van der Waals surface area (Å²) in [5.74, 6) is 0. The molecule has 4 heteroatoms. The molecule has 86 valence electrons. The van der Waals surface area contributed by atoms with Crippen LogP contribution in [0.5, 0.6) is 0 Å². The van der Waals surface area contributed by atoms with E-state index >= 15 is 0 Å². The third-order valence-corrected chi connectivity index (χ3v) is 3.50. The standard InChI is InChI=1S/C11H21N3O/c1-5-11(3,7-12)10(15)9-6-13-14(4)8(9)2/h6,10,15H,5,7,12H2,1-4H3. The van der Waals surface area contributed by atoms with Crippen LogP contribution in [0.25, 0.3) is 0 Å². The van der Waals surface area contributed by atoms with Crippen LogP contribution in [0.1, 0.15) is 37.6 Å². The van der Waals surface area contributed by atoms with Gasteiger partial charge in [0.05, 0.1) is 12.3 Å². The largest absolute Gasteiger partial charge is 0.388 e. The number of aliphatic hydroxyl groups is 1. The SMILES string of the molecule is CCC(C)(CN)C(O)c1cnn(C)c1C. The number of aliphatic hydroxyl groups excluding tert-OH is 1. The molecule has 0 spiro atoms. The maximum absolute atomic E-state index is 10.3. The third kappa shape index (κ3) is 2.06. The lowest BCUT2D eigenvalue weighted by atomic mass is 9.78. The molecule has 2 atom stereocenters. The Morgan fingerprint density at radius 3 is 2.60 bits per heavy atom. The molecule has 1 heterocycles. The number of aryl methyl sites for hydroxylation is 1. The summed E-state index contributed by atoms with van der Waals surface area (Å²) in [6, 6.07) is 0. The van der Waals surface area contributed by atoms with Crippen molar-refractivity contribution in [2.45, 2.75) is 33.3 Å². The fourth-order valence-electron chi connectivity index (χ4n) is 1.61. The van der Waals surface area contributed by atoms with Crippen LogP contribution in [0.4, 0.5) is 0 Å². The van der Waals surface area contributed by atoms with Crippen molar-refractivity contribution in [1.29, 1.82) is 0 Å². The van der Waals surface area contributed by atoms with Gasteiger partial charge < -0.3 is 10.8 Å². The van der Waals surface area contributed by atoms with Gasteiger partial charge in [-0.15, -0.1) is 0 Å². The number of nitrogens with zero attached hydrogens (tertiary/aromatic N) is 2. The van der Waals surface area contributed by atoms with E-state index in [0.29, 0.717) is 6.54 Å². The van der Waals surface area contributed by atoms with E-state index in [4.69, 9.17) is 5.73 Å². The summed E-state index contributed by atoms with van der Waals surface area (Å²) < 4.78 is 1.77. The first-order valence-electron chi connectivity index (χ1n) is 5.33. The van der Waals surface area contributed by atoms with Gasteiger partial charge in [0.25, 0.3) is 0 Å². The minimum absolute atomic E-state index is 0.270. The van der Waals surface area contributed by atoms with Crippen molar-refractivity contribution in [1.82, 2.24) is 9.78 Å². The van der Waals surface area contributed by atoms with Crippen molar-refractivity contribution in [3.05, 3.63) is 17.5 Å². The van der Waals surface area contributed by atoms with Crippen molar-refractivity contribution in [3.8, 4) is 0 Å². The van der Waals surface area contributed by atoms with E-state index < -0.39 is 6.10 Å². The third-order valence-electron chi connectivity index (χ3n) is 3.50. The predicted molar refractivity (Wildman–Crippen MR) is 60.4 cm³/mol. The predicted octanol–water partition coefficient (Wildman–Crippen LogP) is 1.14. The highest BCUT2D eigenvalue weighted by atomic mass is 16.3. The van der Waals surface area contributed by atoms with Crippen LogP contribution in [0.3, 0.4) is 0 Å². The number of aromatic nitrogens is 2. The molecule has 0 saturated heterocycles. The molecule has 2 unspecified atom stereocenters. The smallest absolute Gasteiger partial charge is 0.0888 e. The summed E-state index contributed by atoms with van der Waals surface area (Å²) in [6.07, 6.45) is 2.03. The summed E-state index contributed by atoms with van der Waals surface area (Å²) in [4.78, 5) is 0. The maximum Gasteiger partial charge on any atom is 0.0888 e. The minimum Gasteiger partial charge on any atom is -0.388 e. The Kier molecular flexibility index (Phi) is 3.52. The van der Waals surface area contributed by atoms with Crippen molar-refractivity contribution >= 4 is 0 Å². The Balaban J connectivity index is 3.03. The van der Waals surface area contributed by atoms with Crippen LogP contribution in [0.15, 0.2) is 6.20 Å². The zero-order chi connectivity index (χ0) is 11.6. The fraction of sp³-hybridized carbons (Fsp3) is 0.727. The second-order valence-corrected chi connectivity index (χ2v) is 4.42. The topological polar surface area (TPSA) is 64.1 Å². The van der Waals surface area contributed by atoms with Gasteiger partial charge in [0.15, 0.2) is 0 Å². The van der Waals surface area contributed by atoms with Gasteiger partial charge in [-0.3, -0.25) is 4.68 Å². The molecule has 0 fully saturated rings. The maximum atomic E-state index is 10.3. The monoisotopic (exact) mass is 211 g/mol. The first-order valence-corrected chi connectivity index (χ1v) is 5.33. The highest BCUT2D eigenvalue weighted by molar-refractivity contribution is 5.21. The molecule has 0 saturated carbocycles.